The Kier molecular flexibility index (Phi) is 5.26. The van der Waals surface area contributed by atoms with E-state index >= 15 is 0 Å². The average Bonchev–Trinajstić information content (AvgIpc) is 2.54. The molecule has 1 aromatic carbocycles. The highest BCUT2D eigenvalue weighted by Crippen LogP contribution is 2.37. The molecule has 3 rings (SSSR count). The van der Waals surface area contributed by atoms with Crippen LogP contribution in [0.4, 0.5) is 0 Å². The van der Waals surface area contributed by atoms with E-state index in [0.717, 1.165) is 19.8 Å². The Morgan fingerprint density at radius 3 is 1.45 bits per heavy atom. The summed E-state index contributed by atoms with van der Waals surface area (Å²) in [5.41, 5.74) is 0. The van der Waals surface area contributed by atoms with Crippen LogP contribution in [0.2, 0.25) is 10.0 Å². The Labute approximate surface area is 147 Å². The van der Waals surface area contributed by atoms with Crippen LogP contribution in [-0.2, 0) is 0 Å². The van der Waals surface area contributed by atoms with E-state index in [4.69, 9.17) is 23.2 Å². The fraction of sp³-hybridized carbons (Fsp3) is 0. The van der Waals surface area contributed by atoms with Gasteiger partial charge in [-0.3, -0.25) is 0 Å². The first kappa shape index (κ1) is 15.7. The predicted octanol–water partition coefficient (Wildman–Crippen LogP) is 6.09. The highest BCUT2D eigenvalue weighted by molar-refractivity contribution is 8.02. The van der Waals surface area contributed by atoms with Crippen molar-refractivity contribution in [1.82, 2.24) is 9.97 Å². The van der Waals surface area contributed by atoms with E-state index in [-0.39, 0.29) is 0 Å². The summed E-state index contributed by atoms with van der Waals surface area (Å²) in [5, 5.41) is 3.08. The summed E-state index contributed by atoms with van der Waals surface area (Å²) < 4.78 is 0. The minimum Gasteiger partial charge on any atom is -0.248 e. The number of aromatic nitrogens is 2. The lowest BCUT2D eigenvalue weighted by molar-refractivity contribution is 1.11. The molecule has 0 saturated heterocycles. The monoisotopic (exact) mass is 364 g/mol. The summed E-state index contributed by atoms with van der Waals surface area (Å²) >= 11 is 14.9. The molecule has 2 nitrogen and oxygen atoms in total. The zero-order chi connectivity index (χ0) is 15.4. The van der Waals surface area contributed by atoms with Crippen molar-refractivity contribution in [2.45, 2.75) is 19.8 Å². The summed E-state index contributed by atoms with van der Waals surface area (Å²) in [6.45, 7) is 0. The van der Waals surface area contributed by atoms with Gasteiger partial charge in [0.1, 0.15) is 10.1 Å². The van der Waals surface area contributed by atoms with Gasteiger partial charge in [-0.05, 0) is 36.4 Å². The second kappa shape index (κ2) is 7.38. The molecule has 0 radical (unpaired) electrons. The third kappa shape index (κ3) is 4.17. The Bertz CT molecular complexity index is 695. The molecule has 0 saturated carbocycles. The molecule has 0 unspecified atom stereocenters. The number of pyridine rings is 2. The van der Waals surface area contributed by atoms with Crippen molar-refractivity contribution in [2.24, 2.45) is 0 Å². The summed E-state index contributed by atoms with van der Waals surface area (Å²) in [4.78, 5) is 10.9. The molecule has 2 aromatic heterocycles. The van der Waals surface area contributed by atoms with Crippen molar-refractivity contribution in [3.05, 3.63) is 71.0 Å². The van der Waals surface area contributed by atoms with Crippen LogP contribution < -0.4 is 0 Å². The lowest BCUT2D eigenvalue weighted by Crippen LogP contribution is -1.84. The van der Waals surface area contributed by atoms with Gasteiger partial charge in [-0.15, -0.1) is 0 Å². The van der Waals surface area contributed by atoms with Crippen molar-refractivity contribution in [2.75, 3.05) is 0 Å². The maximum atomic E-state index is 5.87. The highest BCUT2D eigenvalue weighted by Gasteiger charge is 2.07. The van der Waals surface area contributed by atoms with Gasteiger partial charge in [0.05, 0.1) is 10.0 Å². The van der Waals surface area contributed by atoms with Crippen LogP contribution in [0, 0.1) is 0 Å². The Balaban J connectivity index is 1.83. The molecule has 0 N–H and O–H groups in total. The van der Waals surface area contributed by atoms with Gasteiger partial charge in [-0.2, -0.15) is 0 Å². The molecule has 0 spiro atoms. The average molecular weight is 365 g/mol. The third-order valence-corrected chi connectivity index (χ3v) is 5.31. The smallest absolute Gasteiger partial charge is 0.101 e. The maximum absolute atomic E-state index is 5.87. The van der Waals surface area contributed by atoms with Gasteiger partial charge in [0, 0.05) is 22.2 Å². The molecule has 0 aliphatic rings. The first-order chi connectivity index (χ1) is 10.7. The highest BCUT2D eigenvalue weighted by atomic mass is 35.5. The van der Waals surface area contributed by atoms with Crippen molar-refractivity contribution in [1.29, 1.82) is 0 Å². The molecule has 0 amide bonds. The van der Waals surface area contributed by atoms with Crippen molar-refractivity contribution in [3.8, 4) is 0 Å². The molecule has 0 aliphatic carbocycles. The van der Waals surface area contributed by atoms with Crippen LogP contribution in [0.15, 0.2) is 80.8 Å². The largest absolute Gasteiger partial charge is 0.248 e. The maximum Gasteiger partial charge on any atom is 0.101 e. The van der Waals surface area contributed by atoms with E-state index in [2.05, 4.69) is 22.1 Å². The molecular formula is C16H10Cl2N2S2. The minimum absolute atomic E-state index is 0.636. The molecule has 6 heteroatoms. The zero-order valence-corrected chi connectivity index (χ0v) is 14.4. The van der Waals surface area contributed by atoms with Crippen LogP contribution >= 0.6 is 46.7 Å². The number of nitrogens with zero attached hydrogens (tertiary/aromatic N) is 2. The Morgan fingerprint density at radius 2 is 1.09 bits per heavy atom. The predicted molar refractivity (Wildman–Crippen MR) is 93.2 cm³/mol. The van der Waals surface area contributed by atoms with Crippen LogP contribution in [0.3, 0.4) is 0 Å². The number of hydrogen-bond donors (Lipinski definition) is 0. The first-order valence-electron chi connectivity index (χ1n) is 6.38. The molecule has 0 fully saturated rings. The van der Waals surface area contributed by atoms with Crippen LogP contribution in [0.1, 0.15) is 0 Å². The van der Waals surface area contributed by atoms with Crippen molar-refractivity contribution < 1.29 is 0 Å². The van der Waals surface area contributed by atoms with Gasteiger partial charge in [0.15, 0.2) is 0 Å². The fourth-order valence-corrected chi connectivity index (χ4v) is 3.73. The van der Waals surface area contributed by atoms with Crippen molar-refractivity contribution >= 4 is 46.7 Å². The molecule has 2 heterocycles. The van der Waals surface area contributed by atoms with Gasteiger partial charge in [0.2, 0.25) is 0 Å². The van der Waals surface area contributed by atoms with Crippen LogP contribution in [-0.4, -0.2) is 9.97 Å². The normalized spacial score (nSPS) is 10.6. The summed E-state index contributed by atoms with van der Waals surface area (Å²) in [6.07, 6.45) is 3.31. The second-order valence-corrected chi connectivity index (χ2v) is 7.28. The minimum atomic E-state index is 0.636. The Morgan fingerprint density at radius 1 is 0.636 bits per heavy atom. The summed E-state index contributed by atoms with van der Waals surface area (Å²) in [5.74, 6) is 0. The standard InChI is InChI=1S/C16H10Cl2N2S2/c17-11-5-7-15(19-9-11)21-13-3-1-2-4-14(13)22-16-8-6-12(18)10-20-16/h1-10H. The third-order valence-electron chi connectivity index (χ3n) is 2.68. The van der Waals surface area contributed by atoms with E-state index in [1.165, 1.54) is 0 Å². The van der Waals surface area contributed by atoms with Crippen LogP contribution in [0.25, 0.3) is 0 Å². The van der Waals surface area contributed by atoms with Gasteiger partial charge in [-0.1, -0.05) is 58.9 Å². The van der Waals surface area contributed by atoms with Gasteiger partial charge in [0.25, 0.3) is 0 Å². The van der Waals surface area contributed by atoms with E-state index in [0.29, 0.717) is 10.0 Å². The van der Waals surface area contributed by atoms with Crippen LogP contribution in [0.5, 0.6) is 0 Å². The summed E-state index contributed by atoms with van der Waals surface area (Å²) in [7, 11) is 0. The number of halogens is 2. The molecule has 3 aromatic rings. The number of hydrogen-bond acceptors (Lipinski definition) is 4. The van der Waals surface area contributed by atoms with E-state index in [9.17, 15) is 0 Å². The molecule has 110 valence electrons. The number of rotatable bonds is 4. The molecule has 22 heavy (non-hydrogen) atoms. The van der Waals surface area contributed by atoms with E-state index in [1.807, 2.05) is 36.4 Å². The summed E-state index contributed by atoms with van der Waals surface area (Å²) in [6, 6.07) is 15.7. The molecule has 0 bridgehead atoms. The quantitative estimate of drug-likeness (QED) is 0.559. The number of benzene rings is 1. The Hall–Kier alpha value is -1.20. The SMILES string of the molecule is Clc1ccc(Sc2ccccc2Sc2ccc(Cl)cn2)nc1. The lowest BCUT2D eigenvalue weighted by Gasteiger charge is -2.08. The van der Waals surface area contributed by atoms with Gasteiger partial charge in [-0.25, -0.2) is 9.97 Å². The molecule has 0 atom stereocenters. The zero-order valence-electron chi connectivity index (χ0n) is 11.2. The molecular weight excluding hydrogens is 355 g/mol. The van der Waals surface area contributed by atoms with Gasteiger partial charge >= 0.3 is 0 Å². The second-order valence-electron chi connectivity index (χ2n) is 4.28. The molecule has 0 aliphatic heterocycles. The van der Waals surface area contributed by atoms with Gasteiger partial charge < -0.3 is 0 Å². The van der Waals surface area contributed by atoms with Crippen molar-refractivity contribution in [3.63, 3.8) is 0 Å². The topological polar surface area (TPSA) is 25.8 Å². The fourth-order valence-electron chi connectivity index (χ4n) is 1.69. The lowest BCUT2D eigenvalue weighted by atomic mass is 10.4. The first-order valence-corrected chi connectivity index (χ1v) is 8.77. The van der Waals surface area contributed by atoms with E-state index < -0.39 is 0 Å². The van der Waals surface area contributed by atoms with E-state index in [1.54, 1.807) is 35.9 Å².